The first kappa shape index (κ1) is 11.7. The molecule has 0 atom stereocenters. The SMILES string of the molecule is Nc1cc([N+](=O)[O-])cc(NCc2cccnn2)n1. The lowest BCUT2D eigenvalue weighted by Crippen LogP contribution is -2.05. The molecule has 2 aromatic heterocycles. The smallest absolute Gasteiger partial charge is 0.276 e. The molecular formula is C10H10N6O2. The van der Waals surface area contributed by atoms with Crippen LogP contribution in [-0.4, -0.2) is 20.1 Å². The molecule has 0 spiro atoms. The summed E-state index contributed by atoms with van der Waals surface area (Å²) in [5.41, 5.74) is 6.07. The highest BCUT2D eigenvalue weighted by atomic mass is 16.6. The molecule has 0 fully saturated rings. The fraction of sp³-hybridized carbons (Fsp3) is 0.100. The molecule has 0 saturated heterocycles. The zero-order chi connectivity index (χ0) is 13.0. The Kier molecular flexibility index (Phi) is 3.28. The first-order chi connectivity index (χ1) is 8.65. The molecule has 92 valence electrons. The van der Waals surface area contributed by atoms with E-state index < -0.39 is 4.92 Å². The Labute approximate surface area is 102 Å². The maximum atomic E-state index is 10.7. The van der Waals surface area contributed by atoms with Gasteiger partial charge in [-0.3, -0.25) is 10.1 Å². The molecule has 8 heteroatoms. The Morgan fingerprint density at radius 2 is 2.28 bits per heavy atom. The number of aromatic nitrogens is 3. The Bertz CT molecular complexity index is 560. The van der Waals surface area contributed by atoms with Gasteiger partial charge in [-0.05, 0) is 12.1 Å². The van der Waals surface area contributed by atoms with Gasteiger partial charge in [-0.2, -0.15) is 10.2 Å². The molecule has 0 aromatic carbocycles. The number of hydrogen-bond donors (Lipinski definition) is 2. The molecular weight excluding hydrogens is 236 g/mol. The van der Waals surface area contributed by atoms with Gasteiger partial charge < -0.3 is 11.1 Å². The first-order valence-corrected chi connectivity index (χ1v) is 5.07. The van der Waals surface area contributed by atoms with Gasteiger partial charge >= 0.3 is 0 Å². The summed E-state index contributed by atoms with van der Waals surface area (Å²) in [6.45, 7) is 0.363. The Hall–Kier alpha value is -2.77. The second kappa shape index (κ2) is 5.04. The van der Waals surface area contributed by atoms with Crippen LogP contribution in [0.1, 0.15) is 5.69 Å². The predicted molar refractivity (Wildman–Crippen MR) is 64.7 cm³/mol. The average Bonchev–Trinajstić information content (AvgIpc) is 2.37. The molecule has 0 saturated carbocycles. The average molecular weight is 246 g/mol. The lowest BCUT2D eigenvalue weighted by molar-refractivity contribution is -0.384. The van der Waals surface area contributed by atoms with Gasteiger partial charge in [-0.1, -0.05) is 0 Å². The number of rotatable bonds is 4. The van der Waals surface area contributed by atoms with Gasteiger partial charge in [0.05, 0.1) is 29.3 Å². The van der Waals surface area contributed by atoms with Crippen molar-refractivity contribution in [2.45, 2.75) is 6.54 Å². The minimum atomic E-state index is -0.522. The van der Waals surface area contributed by atoms with E-state index in [1.807, 2.05) is 0 Å². The fourth-order valence-corrected chi connectivity index (χ4v) is 1.34. The minimum Gasteiger partial charge on any atom is -0.383 e. The zero-order valence-electron chi connectivity index (χ0n) is 9.28. The molecule has 0 aliphatic carbocycles. The molecule has 0 bridgehead atoms. The summed E-state index contributed by atoms with van der Waals surface area (Å²) >= 11 is 0. The largest absolute Gasteiger partial charge is 0.383 e. The number of nitrogens with two attached hydrogens (primary N) is 1. The Balaban J connectivity index is 2.12. The van der Waals surface area contributed by atoms with Crippen molar-refractivity contribution in [2.75, 3.05) is 11.1 Å². The van der Waals surface area contributed by atoms with Gasteiger partial charge in [0.25, 0.3) is 5.69 Å². The summed E-state index contributed by atoms with van der Waals surface area (Å²) < 4.78 is 0. The van der Waals surface area contributed by atoms with Crippen LogP contribution in [0.2, 0.25) is 0 Å². The van der Waals surface area contributed by atoms with E-state index in [-0.39, 0.29) is 11.5 Å². The van der Waals surface area contributed by atoms with Crippen molar-refractivity contribution >= 4 is 17.3 Å². The van der Waals surface area contributed by atoms with E-state index >= 15 is 0 Å². The van der Waals surface area contributed by atoms with Crippen LogP contribution in [0.3, 0.4) is 0 Å². The fourth-order valence-electron chi connectivity index (χ4n) is 1.34. The number of nitrogens with one attached hydrogen (secondary N) is 1. The van der Waals surface area contributed by atoms with Crippen molar-refractivity contribution in [1.29, 1.82) is 0 Å². The van der Waals surface area contributed by atoms with Crippen LogP contribution < -0.4 is 11.1 Å². The molecule has 0 aliphatic heterocycles. The number of nitro groups is 1. The van der Waals surface area contributed by atoms with E-state index in [0.717, 1.165) is 0 Å². The van der Waals surface area contributed by atoms with Crippen LogP contribution in [0.4, 0.5) is 17.3 Å². The maximum absolute atomic E-state index is 10.7. The normalized spacial score (nSPS) is 10.0. The topological polar surface area (TPSA) is 120 Å². The third kappa shape index (κ3) is 2.88. The number of nitrogen functional groups attached to an aromatic ring is 1. The summed E-state index contributed by atoms with van der Waals surface area (Å²) in [7, 11) is 0. The summed E-state index contributed by atoms with van der Waals surface area (Å²) in [6.07, 6.45) is 1.56. The van der Waals surface area contributed by atoms with E-state index in [4.69, 9.17) is 5.73 Å². The number of nitrogens with zero attached hydrogens (tertiary/aromatic N) is 4. The van der Waals surface area contributed by atoms with Crippen LogP contribution in [0.5, 0.6) is 0 Å². The molecule has 0 amide bonds. The molecule has 0 unspecified atom stereocenters. The van der Waals surface area contributed by atoms with Crippen molar-refractivity contribution in [3.63, 3.8) is 0 Å². The van der Waals surface area contributed by atoms with Crippen molar-refractivity contribution in [1.82, 2.24) is 15.2 Å². The molecule has 2 heterocycles. The molecule has 0 radical (unpaired) electrons. The van der Waals surface area contributed by atoms with E-state index in [1.54, 1.807) is 18.3 Å². The van der Waals surface area contributed by atoms with Crippen LogP contribution >= 0.6 is 0 Å². The number of hydrogen-bond acceptors (Lipinski definition) is 7. The van der Waals surface area contributed by atoms with Gasteiger partial charge in [0, 0.05) is 6.20 Å². The highest BCUT2D eigenvalue weighted by molar-refractivity contribution is 5.52. The van der Waals surface area contributed by atoms with Crippen molar-refractivity contribution < 1.29 is 4.92 Å². The number of anilines is 2. The highest BCUT2D eigenvalue weighted by Gasteiger charge is 2.09. The zero-order valence-corrected chi connectivity index (χ0v) is 9.28. The second-order valence-corrected chi connectivity index (χ2v) is 3.46. The molecule has 3 N–H and O–H groups in total. The predicted octanol–water partition coefficient (Wildman–Crippen LogP) is 0.974. The van der Waals surface area contributed by atoms with E-state index in [2.05, 4.69) is 20.5 Å². The van der Waals surface area contributed by atoms with E-state index in [9.17, 15) is 10.1 Å². The van der Waals surface area contributed by atoms with Gasteiger partial charge in [-0.15, -0.1) is 0 Å². The molecule has 8 nitrogen and oxygen atoms in total. The van der Waals surface area contributed by atoms with E-state index in [0.29, 0.717) is 18.1 Å². The molecule has 2 aromatic rings. The van der Waals surface area contributed by atoms with Crippen LogP contribution in [-0.2, 0) is 6.54 Å². The highest BCUT2D eigenvalue weighted by Crippen LogP contribution is 2.18. The molecule has 18 heavy (non-hydrogen) atoms. The van der Waals surface area contributed by atoms with Gasteiger partial charge in [0.15, 0.2) is 0 Å². The Morgan fingerprint density at radius 1 is 1.44 bits per heavy atom. The van der Waals surface area contributed by atoms with Crippen molar-refractivity contribution in [2.24, 2.45) is 0 Å². The third-order valence-corrected chi connectivity index (χ3v) is 2.12. The molecule has 2 rings (SSSR count). The van der Waals surface area contributed by atoms with Crippen molar-refractivity contribution in [3.05, 3.63) is 46.3 Å². The standard InChI is InChI=1S/C10H10N6O2/c11-9-4-8(16(17)18)5-10(14-9)12-6-7-2-1-3-13-15-7/h1-5H,6H2,(H3,11,12,14). The number of pyridine rings is 1. The summed E-state index contributed by atoms with van der Waals surface area (Å²) in [5, 5.41) is 21.1. The first-order valence-electron chi connectivity index (χ1n) is 5.07. The summed E-state index contributed by atoms with van der Waals surface area (Å²) in [4.78, 5) is 14.1. The van der Waals surface area contributed by atoms with Gasteiger partial charge in [-0.25, -0.2) is 4.98 Å². The monoisotopic (exact) mass is 246 g/mol. The quantitative estimate of drug-likeness (QED) is 0.609. The summed E-state index contributed by atoms with van der Waals surface area (Å²) in [5.74, 6) is 0.415. The lowest BCUT2D eigenvalue weighted by Gasteiger charge is -2.05. The van der Waals surface area contributed by atoms with Crippen LogP contribution in [0.25, 0.3) is 0 Å². The van der Waals surface area contributed by atoms with Crippen LogP contribution in [0, 0.1) is 10.1 Å². The minimum absolute atomic E-state index is 0.0887. The maximum Gasteiger partial charge on any atom is 0.276 e. The van der Waals surface area contributed by atoms with Gasteiger partial charge in [0.1, 0.15) is 11.6 Å². The van der Waals surface area contributed by atoms with Gasteiger partial charge in [0.2, 0.25) is 0 Å². The van der Waals surface area contributed by atoms with Crippen molar-refractivity contribution in [3.8, 4) is 0 Å². The lowest BCUT2D eigenvalue weighted by atomic mass is 10.3. The van der Waals surface area contributed by atoms with Crippen LogP contribution in [0.15, 0.2) is 30.5 Å². The second-order valence-electron chi connectivity index (χ2n) is 3.46. The Morgan fingerprint density at radius 3 is 2.94 bits per heavy atom. The summed E-state index contributed by atoms with van der Waals surface area (Å²) in [6, 6.07) is 6.04. The van der Waals surface area contributed by atoms with E-state index in [1.165, 1.54) is 12.1 Å². The third-order valence-electron chi connectivity index (χ3n) is 2.12. The molecule has 0 aliphatic rings.